The van der Waals surface area contributed by atoms with Crippen LogP contribution in [0.25, 0.3) is 0 Å². The minimum absolute atomic E-state index is 0.124. The first kappa shape index (κ1) is 17.5. The lowest BCUT2D eigenvalue weighted by molar-refractivity contribution is -0.119. The van der Waals surface area contributed by atoms with Gasteiger partial charge in [-0.05, 0) is 31.6 Å². The number of piperidine rings is 1. The minimum Gasteiger partial charge on any atom is -0.356 e. The molecule has 1 saturated heterocycles. The summed E-state index contributed by atoms with van der Waals surface area (Å²) in [4.78, 5) is 23.2. The number of aromatic nitrogens is 2. The molecule has 3 rings (SSSR count). The van der Waals surface area contributed by atoms with Crippen LogP contribution in [0.15, 0.2) is 17.4 Å². The summed E-state index contributed by atoms with van der Waals surface area (Å²) < 4.78 is 0. The number of carbonyl (C=O) groups is 1. The molecule has 1 aliphatic carbocycles. The van der Waals surface area contributed by atoms with Gasteiger partial charge in [0, 0.05) is 25.2 Å². The van der Waals surface area contributed by atoms with E-state index in [4.69, 9.17) is 0 Å². The van der Waals surface area contributed by atoms with Crippen molar-refractivity contribution in [2.75, 3.05) is 23.7 Å². The van der Waals surface area contributed by atoms with E-state index in [1.165, 1.54) is 43.9 Å². The summed E-state index contributed by atoms with van der Waals surface area (Å²) in [6.07, 6.45) is 10.1. The fraction of sp³-hybridized carbons (Fsp3) is 0.722. The average molecular weight is 349 g/mol. The molecule has 0 atom stereocenters. The summed E-state index contributed by atoms with van der Waals surface area (Å²) in [5, 5.41) is 4.04. The zero-order chi connectivity index (χ0) is 16.8. The van der Waals surface area contributed by atoms with Crippen LogP contribution in [0.1, 0.15) is 51.9 Å². The normalized spacial score (nSPS) is 20.1. The molecule has 5 nitrogen and oxygen atoms in total. The van der Waals surface area contributed by atoms with Crippen LogP contribution in [0.3, 0.4) is 0 Å². The Hall–Kier alpha value is -1.30. The van der Waals surface area contributed by atoms with Gasteiger partial charge >= 0.3 is 0 Å². The van der Waals surface area contributed by atoms with E-state index < -0.39 is 0 Å². The molecule has 1 saturated carbocycles. The zero-order valence-corrected chi connectivity index (χ0v) is 15.4. The van der Waals surface area contributed by atoms with Gasteiger partial charge in [0.15, 0.2) is 0 Å². The van der Waals surface area contributed by atoms with Gasteiger partial charge in [0.2, 0.25) is 5.91 Å². The quantitative estimate of drug-likeness (QED) is 0.654. The molecular formula is C18H28N4OS. The van der Waals surface area contributed by atoms with Crippen LogP contribution >= 0.6 is 11.8 Å². The third-order valence-corrected chi connectivity index (χ3v) is 5.98. The summed E-state index contributed by atoms with van der Waals surface area (Å²) in [5.41, 5.74) is 0. The lowest BCUT2D eigenvalue weighted by Crippen LogP contribution is -2.37. The molecule has 2 heterocycles. The highest BCUT2D eigenvalue weighted by Gasteiger charge is 2.18. The molecule has 1 amide bonds. The molecular weight excluding hydrogens is 320 g/mol. The Morgan fingerprint density at radius 2 is 1.96 bits per heavy atom. The molecule has 1 N–H and O–H groups in total. The Morgan fingerprint density at radius 3 is 2.71 bits per heavy atom. The predicted molar refractivity (Wildman–Crippen MR) is 98.4 cm³/mol. The van der Waals surface area contributed by atoms with Gasteiger partial charge in [0.25, 0.3) is 0 Å². The number of carbonyl (C=O) groups excluding carboxylic acids is 1. The summed E-state index contributed by atoms with van der Waals surface area (Å²) in [6.45, 7) is 4.43. The molecule has 24 heavy (non-hydrogen) atoms. The molecule has 0 spiro atoms. The number of thioether (sulfide) groups is 1. The summed E-state index contributed by atoms with van der Waals surface area (Å²) in [5.74, 6) is 2.36. The highest BCUT2D eigenvalue weighted by Crippen LogP contribution is 2.24. The molecule has 132 valence electrons. The van der Waals surface area contributed by atoms with Crippen molar-refractivity contribution < 1.29 is 4.79 Å². The van der Waals surface area contributed by atoms with E-state index in [1.807, 2.05) is 6.07 Å². The third kappa shape index (κ3) is 5.10. The molecule has 1 aromatic rings. The van der Waals surface area contributed by atoms with Gasteiger partial charge in [0.1, 0.15) is 17.2 Å². The van der Waals surface area contributed by atoms with Crippen molar-refractivity contribution in [3.8, 4) is 0 Å². The van der Waals surface area contributed by atoms with Crippen LogP contribution in [0.2, 0.25) is 0 Å². The molecule has 6 heteroatoms. The number of hydrogen-bond acceptors (Lipinski definition) is 5. The molecule has 2 aliphatic rings. The van der Waals surface area contributed by atoms with Gasteiger partial charge in [-0.25, -0.2) is 9.97 Å². The van der Waals surface area contributed by atoms with Gasteiger partial charge in [-0.2, -0.15) is 0 Å². The fourth-order valence-electron chi connectivity index (χ4n) is 3.48. The van der Waals surface area contributed by atoms with E-state index in [9.17, 15) is 4.79 Å². The highest BCUT2D eigenvalue weighted by atomic mass is 32.2. The Morgan fingerprint density at radius 1 is 1.21 bits per heavy atom. The molecule has 0 radical (unpaired) electrons. The number of hydrogen-bond donors (Lipinski definition) is 1. The van der Waals surface area contributed by atoms with E-state index >= 15 is 0 Å². The van der Waals surface area contributed by atoms with Crippen LogP contribution in [0, 0.1) is 5.92 Å². The van der Waals surface area contributed by atoms with Crippen molar-refractivity contribution in [1.29, 1.82) is 0 Å². The van der Waals surface area contributed by atoms with E-state index in [1.54, 1.807) is 6.33 Å². The second kappa shape index (κ2) is 8.70. The van der Waals surface area contributed by atoms with Crippen molar-refractivity contribution in [3.05, 3.63) is 12.4 Å². The third-order valence-electron chi connectivity index (χ3n) is 5.06. The first-order valence-electron chi connectivity index (χ1n) is 9.20. The monoisotopic (exact) mass is 348 g/mol. The van der Waals surface area contributed by atoms with E-state index in [2.05, 4.69) is 27.1 Å². The fourth-order valence-corrected chi connectivity index (χ4v) is 4.15. The van der Waals surface area contributed by atoms with Gasteiger partial charge in [-0.3, -0.25) is 4.79 Å². The maximum absolute atomic E-state index is 12.1. The zero-order valence-electron chi connectivity index (χ0n) is 14.5. The van der Waals surface area contributed by atoms with Crippen LogP contribution in [0.5, 0.6) is 0 Å². The maximum atomic E-state index is 12.1. The molecule has 0 bridgehead atoms. The Bertz CT molecular complexity index is 540. The number of rotatable bonds is 5. The van der Waals surface area contributed by atoms with Crippen molar-refractivity contribution in [3.63, 3.8) is 0 Å². The highest BCUT2D eigenvalue weighted by molar-refractivity contribution is 7.99. The molecule has 2 fully saturated rings. The number of nitrogens with one attached hydrogen (secondary N) is 1. The van der Waals surface area contributed by atoms with Gasteiger partial charge in [0.05, 0.1) is 5.75 Å². The molecule has 0 unspecified atom stereocenters. The molecule has 1 aromatic heterocycles. The predicted octanol–water partition coefficient (Wildman–Crippen LogP) is 3.25. The standard InChI is InChI=1S/C18H28N4OS/c1-14-7-9-22(10-8-14)16-11-18(20-13-19-16)24-12-17(23)21-15-5-3-2-4-6-15/h11,13-15H,2-10,12H2,1H3,(H,21,23). The first-order valence-corrected chi connectivity index (χ1v) is 10.2. The van der Waals surface area contributed by atoms with E-state index in [0.29, 0.717) is 11.8 Å². The van der Waals surface area contributed by atoms with Crippen LogP contribution in [-0.2, 0) is 4.79 Å². The topological polar surface area (TPSA) is 58.1 Å². The maximum Gasteiger partial charge on any atom is 0.230 e. The average Bonchev–Trinajstić information content (AvgIpc) is 2.62. The Labute approximate surface area is 149 Å². The van der Waals surface area contributed by atoms with Gasteiger partial charge < -0.3 is 10.2 Å². The minimum atomic E-state index is 0.124. The summed E-state index contributed by atoms with van der Waals surface area (Å²) in [7, 11) is 0. The molecule has 1 aliphatic heterocycles. The lowest BCUT2D eigenvalue weighted by atomic mass is 9.95. The first-order chi connectivity index (χ1) is 11.7. The van der Waals surface area contributed by atoms with Gasteiger partial charge in [-0.1, -0.05) is 37.9 Å². The van der Waals surface area contributed by atoms with Crippen LogP contribution in [-0.4, -0.2) is 40.8 Å². The van der Waals surface area contributed by atoms with E-state index in [0.717, 1.165) is 42.7 Å². The van der Waals surface area contributed by atoms with E-state index in [-0.39, 0.29) is 5.91 Å². The Balaban J connectivity index is 1.48. The number of amides is 1. The number of nitrogens with zero attached hydrogens (tertiary/aromatic N) is 3. The van der Waals surface area contributed by atoms with Crippen molar-refractivity contribution >= 4 is 23.5 Å². The SMILES string of the molecule is CC1CCN(c2cc(SCC(=O)NC3CCCCC3)ncn2)CC1. The lowest BCUT2D eigenvalue weighted by Gasteiger charge is -2.31. The van der Waals surface area contributed by atoms with Crippen LogP contribution < -0.4 is 10.2 Å². The van der Waals surface area contributed by atoms with Crippen molar-refractivity contribution in [2.45, 2.75) is 62.9 Å². The summed E-state index contributed by atoms with van der Waals surface area (Å²) in [6, 6.07) is 2.40. The van der Waals surface area contributed by atoms with Gasteiger partial charge in [-0.15, -0.1) is 0 Å². The Kier molecular flexibility index (Phi) is 6.35. The second-order valence-corrected chi connectivity index (χ2v) is 8.07. The summed E-state index contributed by atoms with van der Waals surface area (Å²) >= 11 is 1.51. The van der Waals surface area contributed by atoms with Crippen molar-refractivity contribution in [2.24, 2.45) is 5.92 Å². The van der Waals surface area contributed by atoms with Crippen LogP contribution in [0.4, 0.5) is 5.82 Å². The molecule has 0 aromatic carbocycles. The largest absolute Gasteiger partial charge is 0.356 e. The smallest absolute Gasteiger partial charge is 0.230 e. The number of anilines is 1. The van der Waals surface area contributed by atoms with Crippen molar-refractivity contribution in [1.82, 2.24) is 15.3 Å². The second-order valence-electron chi connectivity index (χ2n) is 7.08.